The number of nitrogens with zero attached hydrogens (tertiary/aromatic N) is 8. The van der Waals surface area contributed by atoms with Crippen molar-refractivity contribution in [1.29, 1.82) is 0 Å². The van der Waals surface area contributed by atoms with E-state index < -0.39 is 5.60 Å². The van der Waals surface area contributed by atoms with Crippen molar-refractivity contribution in [1.82, 2.24) is 39.9 Å². The number of rotatable bonds is 9. The number of nitrogens with one attached hydrogen (secondary N) is 3. The number of piperidine rings is 2. The molecule has 5 rings (SSSR count). The fraction of sp³-hybridized carbons (Fsp3) is 0.516. The number of allylic oxidation sites excluding steroid dienone is 1. The van der Waals surface area contributed by atoms with E-state index in [1.54, 1.807) is 56.1 Å². The molecular weight excluding hydrogens is 604 g/mol. The normalized spacial score (nSPS) is 16.3. The molecule has 0 radical (unpaired) electrons. The first kappa shape index (κ1) is 34.9. The van der Waals surface area contributed by atoms with Crippen LogP contribution in [0.15, 0.2) is 53.8 Å². The summed E-state index contributed by atoms with van der Waals surface area (Å²) in [6, 6.07) is 3.96. The van der Waals surface area contributed by atoms with E-state index in [0.29, 0.717) is 48.5 Å². The molecule has 2 saturated heterocycles. The van der Waals surface area contributed by atoms with E-state index in [0.717, 1.165) is 44.5 Å². The van der Waals surface area contributed by atoms with Gasteiger partial charge in [0, 0.05) is 56.2 Å². The second kappa shape index (κ2) is 17.1. The zero-order chi connectivity index (χ0) is 33.6. The van der Waals surface area contributed by atoms with Crippen LogP contribution in [-0.2, 0) is 4.74 Å². The van der Waals surface area contributed by atoms with Crippen molar-refractivity contribution in [3.05, 3.63) is 48.8 Å². The zero-order valence-electron chi connectivity index (χ0n) is 27.7. The van der Waals surface area contributed by atoms with E-state index in [2.05, 4.69) is 46.0 Å². The first-order chi connectivity index (χ1) is 22.6. The van der Waals surface area contributed by atoms with Crippen molar-refractivity contribution in [2.24, 2.45) is 10.7 Å². The van der Waals surface area contributed by atoms with Crippen molar-refractivity contribution in [3.63, 3.8) is 0 Å². The van der Waals surface area contributed by atoms with Crippen LogP contribution in [0.3, 0.4) is 0 Å². The van der Waals surface area contributed by atoms with E-state index in [-0.39, 0.29) is 12.1 Å². The average molecular weight is 651 g/mol. The molecule has 3 aromatic heterocycles. The number of nitrogens with two attached hydrogens (primary N) is 1. The van der Waals surface area contributed by atoms with Crippen molar-refractivity contribution in [2.45, 2.75) is 64.1 Å². The third kappa shape index (κ3) is 11.4. The van der Waals surface area contributed by atoms with Gasteiger partial charge in [-0.15, -0.1) is 0 Å². The van der Waals surface area contributed by atoms with Crippen molar-refractivity contribution < 1.29 is 19.0 Å². The number of likely N-dealkylation sites (tertiary alicyclic amines) is 1. The Bertz CT molecular complexity index is 1470. The Kier molecular flexibility index (Phi) is 12.7. The number of hydrogen-bond donors (Lipinski definition) is 4. The second-order valence-electron chi connectivity index (χ2n) is 11.9. The molecule has 0 spiro atoms. The highest BCUT2D eigenvalue weighted by Crippen LogP contribution is 2.25. The fourth-order valence-corrected chi connectivity index (χ4v) is 4.79. The van der Waals surface area contributed by atoms with Gasteiger partial charge in [0.15, 0.2) is 0 Å². The molecule has 47 heavy (non-hydrogen) atoms. The van der Waals surface area contributed by atoms with Crippen LogP contribution < -0.4 is 31.2 Å². The predicted molar refractivity (Wildman–Crippen MR) is 179 cm³/mol. The van der Waals surface area contributed by atoms with Crippen LogP contribution in [0.2, 0.25) is 0 Å². The monoisotopic (exact) mass is 650 g/mol. The van der Waals surface area contributed by atoms with E-state index in [9.17, 15) is 4.79 Å². The van der Waals surface area contributed by atoms with Gasteiger partial charge in [-0.1, -0.05) is 0 Å². The quantitative estimate of drug-likeness (QED) is 0.246. The van der Waals surface area contributed by atoms with Crippen molar-refractivity contribution in [2.75, 3.05) is 51.0 Å². The molecule has 2 aliphatic rings. The number of carbonyl (C=O) groups is 1. The first-order valence-electron chi connectivity index (χ1n) is 15.6. The lowest BCUT2D eigenvalue weighted by Gasteiger charge is -2.33. The highest BCUT2D eigenvalue weighted by atomic mass is 16.6. The standard InChI is InChI=1S/C18H26N6O3.C13H20N6O/c1-18(2,3)27-17(25)23-9-6-14(7-10-23)24-12-13(11-20-24)21-16-19-8-5-15(22-16)26-4;1-20-12-4-7-16-13(19-12)18-11(8-14)9-17-10-2-5-15-6-3-10/h5,8,11-12,14H,6-7,9-10H2,1-4H3,(H,19,21,22);4,7-10,15H,2-3,5-6,14H2,1H3,(H,16,18,19). The number of methoxy groups -OCH3 is 2. The molecule has 0 bridgehead atoms. The highest BCUT2D eigenvalue weighted by molar-refractivity contribution is 5.82. The number of ether oxygens (including phenoxy) is 3. The minimum atomic E-state index is -0.474. The molecule has 16 nitrogen and oxygen atoms in total. The molecular formula is C31H46N12O4. The van der Waals surface area contributed by atoms with Gasteiger partial charge in [0.1, 0.15) is 5.60 Å². The van der Waals surface area contributed by atoms with Gasteiger partial charge in [-0.2, -0.15) is 15.1 Å². The Morgan fingerprint density at radius 2 is 1.66 bits per heavy atom. The highest BCUT2D eigenvalue weighted by Gasteiger charge is 2.28. The summed E-state index contributed by atoms with van der Waals surface area (Å²) in [5.41, 5.74) is 6.59. The molecule has 5 heterocycles. The predicted octanol–water partition coefficient (Wildman–Crippen LogP) is 3.52. The van der Waals surface area contributed by atoms with Gasteiger partial charge < -0.3 is 40.8 Å². The van der Waals surface area contributed by atoms with Crippen LogP contribution in [-0.4, -0.2) is 99.0 Å². The van der Waals surface area contributed by atoms with Crippen LogP contribution in [0.1, 0.15) is 52.5 Å². The molecule has 0 aromatic carbocycles. The van der Waals surface area contributed by atoms with Gasteiger partial charge in [-0.25, -0.2) is 14.8 Å². The van der Waals surface area contributed by atoms with Gasteiger partial charge >= 0.3 is 6.09 Å². The molecule has 5 N–H and O–H groups in total. The van der Waals surface area contributed by atoms with E-state index >= 15 is 0 Å². The molecule has 0 unspecified atom stereocenters. The van der Waals surface area contributed by atoms with Crippen LogP contribution in [0.4, 0.5) is 22.4 Å². The zero-order valence-corrected chi connectivity index (χ0v) is 27.7. The largest absolute Gasteiger partial charge is 0.481 e. The third-order valence-electron chi connectivity index (χ3n) is 7.20. The number of amides is 1. The average Bonchev–Trinajstić information content (AvgIpc) is 3.55. The molecule has 2 fully saturated rings. The molecule has 0 atom stereocenters. The van der Waals surface area contributed by atoms with E-state index in [1.807, 2.05) is 31.6 Å². The molecule has 16 heteroatoms. The number of anilines is 3. The Morgan fingerprint density at radius 1 is 1.02 bits per heavy atom. The lowest BCUT2D eigenvalue weighted by Crippen LogP contribution is -2.42. The Labute approximate surface area is 275 Å². The summed E-state index contributed by atoms with van der Waals surface area (Å²) in [7, 11) is 3.12. The Hall–Kier alpha value is -4.99. The van der Waals surface area contributed by atoms with Gasteiger partial charge in [0.2, 0.25) is 23.7 Å². The topological polar surface area (TPSA) is 192 Å². The van der Waals surface area contributed by atoms with Gasteiger partial charge in [0.05, 0.1) is 43.9 Å². The fourth-order valence-electron chi connectivity index (χ4n) is 4.79. The maximum absolute atomic E-state index is 12.2. The van der Waals surface area contributed by atoms with E-state index in [1.165, 1.54) is 6.20 Å². The third-order valence-corrected chi connectivity index (χ3v) is 7.20. The maximum Gasteiger partial charge on any atom is 0.410 e. The minimum Gasteiger partial charge on any atom is -0.481 e. The van der Waals surface area contributed by atoms with Crippen LogP contribution >= 0.6 is 0 Å². The SMILES string of the molecule is COc1ccnc(NC(C=NC2CCNCC2)=CN)n1.COc1ccnc(Nc2cnn(C3CCN(C(=O)OC(C)(C)C)CC3)c2)n1. The minimum absolute atomic E-state index is 0.241. The second-order valence-corrected chi connectivity index (χ2v) is 11.9. The Morgan fingerprint density at radius 3 is 2.28 bits per heavy atom. The van der Waals surface area contributed by atoms with Crippen molar-refractivity contribution in [3.8, 4) is 11.8 Å². The number of hydrogen-bond acceptors (Lipinski definition) is 14. The maximum atomic E-state index is 12.2. The smallest absolute Gasteiger partial charge is 0.410 e. The molecule has 3 aromatic rings. The summed E-state index contributed by atoms with van der Waals surface area (Å²) in [6.07, 6.45) is 13.6. The summed E-state index contributed by atoms with van der Waals surface area (Å²) >= 11 is 0. The lowest BCUT2D eigenvalue weighted by molar-refractivity contribution is 0.0184. The molecule has 2 aliphatic heterocycles. The van der Waals surface area contributed by atoms with Gasteiger partial charge in [0.25, 0.3) is 0 Å². The summed E-state index contributed by atoms with van der Waals surface area (Å²) in [6.45, 7) is 8.96. The van der Waals surface area contributed by atoms with Crippen LogP contribution in [0, 0.1) is 0 Å². The van der Waals surface area contributed by atoms with Gasteiger partial charge in [-0.05, 0) is 59.5 Å². The van der Waals surface area contributed by atoms with Crippen molar-refractivity contribution >= 4 is 29.9 Å². The number of carbonyl (C=O) groups excluding carboxylic acids is 1. The summed E-state index contributed by atoms with van der Waals surface area (Å²) in [5.74, 6) is 1.87. The van der Waals surface area contributed by atoms with Gasteiger partial charge in [-0.3, -0.25) is 9.67 Å². The molecule has 1 amide bonds. The molecule has 0 aliphatic carbocycles. The summed E-state index contributed by atoms with van der Waals surface area (Å²) < 4.78 is 17.5. The number of aromatic nitrogens is 6. The summed E-state index contributed by atoms with van der Waals surface area (Å²) in [5, 5.41) is 13.9. The Balaban J connectivity index is 0.000000223. The lowest BCUT2D eigenvalue weighted by atomic mass is 10.1. The molecule has 0 saturated carbocycles. The molecule has 254 valence electrons. The van der Waals surface area contributed by atoms with Crippen LogP contribution in [0.25, 0.3) is 0 Å². The number of aliphatic imine (C=N–C) groups is 1. The summed E-state index contributed by atoms with van der Waals surface area (Å²) in [4.78, 5) is 35.1. The first-order valence-corrected chi connectivity index (χ1v) is 15.6. The van der Waals surface area contributed by atoms with Crippen LogP contribution in [0.5, 0.6) is 11.8 Å². The van der Waals surface area contributed by atoms with E-state index in [4.69, 9.17) is 19.9 Å².